The van der Waals surface area contributed by atoms with Crippen LogP contribution in [0.25, 0.3) is 0 Å². The summed E-state index contributed by atoms with van der Waals surface area (Å²) in [5.41, 5.74) is 0.994. The highest BCUT2D eigenvalue weighted by molar-refractivity contribution is 7.99. The molecule has 0 aromatic rings. The Balaban J connectivity index is 2.25. The largest absolute Gasteiger partial charge is 0.388 e. The van der Waals surface area contributed by atoms with Gasteiger partial charge in [-0.1, -0.05) is 0 Å². The standard InChI is InChI=1S/C9H16N2S/c1-8(6-10)7-11-9-2-4-12-5-3-9/h6-7,9-11H,2-5H2,1H3/b8-7-,10-6?. The highest BCUT2D eigenvalue weighted by Gasteiger charge is 2.10. The molecule has 0 radical (unpaired) electrons. The van der Waals surface area contributed by atoms with Crippen LogP contribution in [0.2, 0.25) is 0 Å². The minimum Gasteiger partial charge on any atom is -0.388 e. The van der Waals surface area contributed by atoms with E-state index >= 15 is 0 Å². The van der Waals surface area contributed by atoms with Crippen LogP contribution < -0.4 is 5.32 Å². The molecular weight excluding hydrogens is 168 g/mol. The summed E-state index contributed by atoms with van der Waals surface area (Å²) in [5, 5.41) is 10.3. The molecule has 0 amide bonds. The maximum Gasteiger partial charge on any atom is 0.0271 e. The normalized spacial score (nSPS) is 20.6. The fourth-order valence-electron chi connectivity index (χ4n) is 1.16. The van der Waals surface area contributed by atoms with Gasteiger partial charge in [0, 0.05) is 18.5 Å². The van der Waals surface area contributed by atoms with Gasteiger partial charge in [0.25, 0.3) is 0 Å². The lowest BCUT2D eigenvalue weighted by molar-refractivity contribution is 0.547. The van der Waals surface area contributed by atoms with Gasteiger partial charge in [-0.05, 0) is 36.8 Å². The van der Waals surface area contributed by atoms with Gasteiger partial charge >= 0.3 is 0 Å². The van der Waals surface area contributed by atoms with Gasteiger partial charge in [-0.25, -0.2) is 0 Å². The fraction of sp³-hybridized carbons (Fsp3) is 0.667. The Morgan fingerprint density at radius 2 is 2.17 bits per heavy atom. The zero-order chi connectivity index (χ0) is 8.81. The average Bonchev–Trinajstić information content (AvgIpc) is 2.16. The SMILES string of the molecule is C/C(C=N)=C/NC1CCSCC1. The van der Waals surface area contributed by atoms with Crippen molar-refractivity contribution in [3.8, 4) is 0 Å². The maximum atomic E-state index is 6.99. The third-order valence-electron chi connectivity index (χ3n) is 2.00. The van der Waals surface area contributed by atoms with E-state index in [1.165, 1.54) is 30.6 Å². The molecule has 1 aliphatic rings. The van der Waals surface area contributed by atoms with Gasteiger partial charge in [0.2, 0.25) is 0 Å². The molecule has 2 N–H and O–H groups in total. The Bertz CT molecular complexity index is 171. The summed E-state index contributed by atoms with van der Waals surface area (Å²) in [6.07, 6.45) is 5.84. The van der Waals surface area contributed by atoms with E-state index in [1.807, 2.05) is 24.9 Å². The molecule has 0 aliphatic carbocycles. The molecule has 0 aromatic heterocycles. The first-order chi connectivity index (χ1) is 5.83. The number of hydrogen-bond acceptors (Lipinski definition) is 3. The van der Waals surface area contributed by atoms with Gasteiger partial charge in [0.1, 0.15) is 0 Å². The van der Waals surface area contributed by atoms with Gasteiger partial charge in [-0.3, -0.25) is 0 Å². The van der Waals surface area contributed by atoms with Crippen molar-refractivity contribution in [2.45, 2.75) is 25.8 Å². The van der Waals surface area contributed by atoms with Crippen LogP contribution in [-0.2, 0) is 0 Å². The van der Waals surface area contributed by atoms with Gasteiger partial charge in [0.05, 0.1) is 0 Å². The third-order valence-corrected chi connectivity index (χ3v) is 3.04. The van der Waals surface area contributed by atoms with Gasteiger partial charge < -0.3 is 10.7 Å². The summed E-state index contributed by atoms with van der Waals surface area (Å²) in [4.78, 5) is 0. The first kappa shape index (κ1) is 9.65. The van der Waals surface area contributed by atoms with E-state index in [0.29, 0.717) is 6.04 Å². The second-order valence-corrected chi connectivity index (χ2v) is 4.31. The average molecular weight is 184 g/mol. The molecule has 1 heterocycles. The van der Waals surface area contributed by atoms with Crippen molar-refractivity contribution in [2.75, 3.05) is 11.5 Å². The molecule has 1 aliphatic heterocycles. The highest BCUT2D eigenvalue weighted by Crippen LogP contribution is 2.16. The molecule has 1 rings (SSSR count). The van der Waals surface area contributed by atoms with Crippen molar-refractivity contribution in [1.29, 1.82) is 5.41 Å². The lowest BCUT2D eigenvalue weighted by Gasteiger charge is -2.21. The molecule has 3 heteroatoms. The summed E-state index contributed by atoms with van der Waals surface area (Å²) < 4.78 is 0. The summed E-state index contributed by atoms with van der Waals surface area (Å²) in [6.45, 7) is 1.94. The molecule has 0 saturated carbocycles. The molecule has 0 unspecified atom stereocenters. The minimum atomic E-state index is 0.640. The van der Waals surface area contributed by atoms with Crippen LogP contribution in [0.5, 0.6) is 0 Å². The van der Waals surface area contributed by atoms with Crippen molar-refractivity contribution in [2.24, 2.45) is 0 Å². The highest BCUT2D eigenvalue weighted by atomic mass is 32.2. The number of allylic oxidation sites excluding steroid dienone is 1. The molecule has 68 valence electrons. The monoisotopic (exact) mass is 184 g/mol. The van der Waals surface area contributed by atoms with Crippen molar-refractivity contribution in [3.63, 3.8) is 0 Å². The van der Waals surface area contributed by atoms with Crippen LogP contribution in [0.1, 0.15) is 19.8 Å². The molecule has 1 fully saturated rings. The third kappa shape index (κ3) is 3.30. The van der Waals surface area contributed by atoms with E-state index in [1.54, 1.807) is 0 Å². The smallest absolute Gasteiger partial charge is 0.0271 e. The maximum absolute atomic E-state index is 6.99. The molecule has 2 nitrogen and oxygen atoms in total. The van der Waals surface area contributed by atoms with Crippen LogP contribution in [0.4, 0.5) is 0 Å². The number of thioether (sulfide) groups is 1. The molecule has 0 atom stereocenters. The number of hydrogen-bond donors (Lipinski definition) is 2. The lowest BCUT2D eigenvalue weighted by atomic mass is 10.1. The van der Waals surface area contributed by atoms with Crippen molar-refractivity contribution in [3.05, 3.63) is 11.8 Å². The summed E-state index contributed by atoms with van der Waals surface area (Å²) >= 11 is 2.03. The van der Waals surface area contributed by atoms with E-state index in [4.69, 9.17) is 5.41 Å². The van der Waals surface area contributed by atoms with Crippen LogP contribution >= 0.6 is 11.8 Å². The van der Waals surface area contributed by atoms with E-state index in [2.05, 4.69) is 5.32 Å². The molecule has 12 heavy (non-hydrogen) atoms. The predicted octanol–water partition coefficient (Wildman–Crippen LogP) is 2.02. The van der Waals surface area contributed by atoms with E-state index in [0.717, 1.165) is 5.57 Å². The van der Waals surface area contributed by atoms with Crippen molar-refractivity contribution >= 4 is 18.0 Å². The molecule has 0 bridgehead atoms. The minimum absolute atomic E-state index is 0.640. The quantitative estimate of drug-likeness (QED) is 0.658. The Labute approximate surface area is 78.3 Å². The first-order valence-electron chi connectivity index (χ1n) is 4.34. The second kappa shape index (κ2) is 5.25. The van der Waals surface area contributed by atoms with Gasteiger partial charge in [-0.15, -0.1) is 0 Å². The summed E-state index contributed by atoms with van der Waals surface area (Å²) in [6, 6.07) is 0.640. The predicted molar refractivity (Wildman–Crippen MR) is 56.0 cm³/mol. The van der Waals surface area contributed by atoms with Crippen LogP contribution in [0.15, 0.2) is 11.8 Å². The Hall–Kier alpha value is -0.440. The van der Waals surface area contributed by atoms with Crippen molar-refractivity contribution in [1.82, 2.24) is 5.32 Å². The molecule has 1 saturated heterocycles. The second-order valence-electron chi connectivity index (χ2n) is 3.09. The van der Waals surface area contributed by atoms with Crippen LogP contribution in [0, 0.1) is 5.41 Å². The van der Waals surface area contributed by atoms with Crippen LogP contribution in [0.3, 0.4) is 0 Å². The van der Waals surface area contributed by atoms with E-state index < -0.39 is 0 Å². The topological polar surface area (TPSA) is 35.9 Å². The first-order valence-corrected chi connectivity index (χ1v) is 5.49. The lowest BCUT2D eigenvalue weighted by Crippen LogP contribution is -2.28. The fourth-order valence-corrected chi connectivity index (χ4v) is 2.26. The summed E-state index contributed by atoms with van der Waals surface area (Å²) in [7, 11) is 0. The Kier molecular flexibility index (Phi) is 4.22. The zero-order valence-corrected chi connectivity index (χ0v) is 8.29. The van der Waals surface area contributed by atoms with E-state index in [9.17, 15) is 0 Å². The molecular formula is C9H16N2S. The molecule has 0 aromatic carbocycles. The zero-order valence-electron chi connectivity index (χ0n) is 7.47. The Morgan fingerprint density at radius 1 is 1.50 bits per heavy atom. The summed E-state index contributed by atoms with van der Waals surface area (Å²) in [5.74, 6) is 2.55. The van der Waals surface area contributed by atoms with Gasteiger partial charge in [0.15, 0.2) is 0 Å². The number of rotatable bonds is 3. The van der Waals surface area contributed by atoms with Gasteiger partial charge in [-0.2, -0.15) is 11.8 Å². The number of nitrogens with one attached hydrogen (secondary N) is 2. The van der Waals surface area contributed by atoms with E-state index in [-0.39, 0.29) is 0 Å². The van der Waals surface area contributed by atoms with Crippen LogP contribution in [-0.4, -0.2) is 23.8 Å². The van der Waals surface area contributed by atoms with Crippen molar-refractivity contribution < 1.29 is 0 Å². The molecule has 0 spiro atoms. The Morgan fingerprint density at radius 3 is 2.75 bits per heavy atom.